The Balaban J connectivity index is 1.94. The first-order chi connectivity index (χ1) is 14.0. The van der Waals surface area contributed by atoms with Crippen molar-refractivity contribution in [1.29, 1.82) is 0 Å². The van der Waals surface area contributed by atoms with Crippen molar-refractivity contribution in [2.24, 2.45) is 0 Å². The number of carbonyl (C=O) groups is 1. The van der Waals surface area contributed by atoms with Crippen molar-refractivity contribution in [2.75, 3.05) is 20.3 Å². The number of thiazole rings is 1. The fraction of sp³-hybridized carbons (Fsp3) is 0.409. The predicted octanol–water partition coefficient (Wildman–Crippen LogP) is 4.47. The molecule has 0 fully saturated rings. The lowest BCUT2D eigenvalue weighted by Gasteiger charge is -2.10. The van der Waals surface area contributed by atoms with E-state index in [0.29, 0.717) is 18.7 Å². The summed E-state index contributed by atoms with van der Waals surface area (Å²) in [5, 5.41) is 5.91. The van der Waals surface area contributed by atoms with Gasteiger partial charge in [-0.3, -0.25) is 9.78 Å². The van der Waals surface area contributed by atoms with E-state index in [-0.39, 0.29) is 5.91 Å². The number of nitrogens with one attached hydrogen (secondary N) is 1. The third kappa shape index (κ3) is 4.92. The first kappa shape index (κ1) is 21.2. The normalized spacial score (nSPS) is 11.0. The van der Waals surface area contributed by atoms with E-state index in [2.05, 4.69) is 27.2 Å². The number of nitrogens with zero attached hydrogens (tertiary/aromatic N) is 3. The number of aromatic nitrogens is 3. The molecular weight excluding hydrogens is 384 g/mol. The SMILES string of the molecule is CCCCn1c(-c2csc(-c3ccc(C)nc3)n2)cc(C(=O)NCCOC)c1C. The van der Waals surface area contributed by atoms with Gasteiger partial charge in [0.15, 0.2) is 0 Å². The Bertz CT molecular complexity index is 960. The molecule has 1 amide bonds. The van der Waals surface area contributed by atoms with Crippen molar-refractivity contribution >= 4 is 17.2 Å². The number of pyridine rings is 1. The van der Waals surface area contributed by atoms with E-state index in [1.54, 1.807) is 18.4 Å². The Morgan fingerprint density at radius 3 is 2.83 bits per heavy atom. The minimum atomic E-state index is -0.0748. The van der Waals surface area contributed by atoms with Gasteiger partial charge < -0.3 is 14.6 Å². The number of ether oxygens (including phenoxy) is 1. The average molecular weight is 413 g/mol. The molecule has 0 aliphatic carbocycles. The lowest BCUT2D eigenvalue weighted by Crippen LogP contribution is -2.27. The van der Waals surface area contributed by atoms with Crippen LogP contribution in [0.2, 0.25) is 0 Å². The molecule has 0 spiro atoms. The summed E-state index contributed by atoms with van der Waals surface area (Å²) in [5.41, 5.74) is 5.52. The van der Waals surface area contributed by atoms with Crippen LogP contribution in [0.1, 0.15) is 41.5 Å². The van der Waals surface area contributed by atoms with Gasteiger partial charge in [-0.25, -0.2) is 4.98 Å². The van der Waals surface area contributed by atoms with Crippen molar-refractivity contribution < 1.29 is 9.53 Å². The van der Waals surface area contributed by atoms with Gasteiger partial charge in [-0.1, -0.05) is 13.3 Å². The topological polar surface area (TPSA) is 69.0 Å². The predicted molar refractivity (Wildman–Crippen MR) is 117 cm³/mol. The summed E-state index contributed by atoms with van der Waals surface area (Å²) in [6.07, 6.45) is 3.99. The maximum Gasteiger partial charge on any atom is 0.253 e. The molecule has 0 aliphatic heterocycles. The van der Waals surface area contributed by atoms with Gasteiger partial charge in [0.2, 0.25) is 0 Å². The second-order valence-corrected chi connectivity index (χ2v) is 7.87. The van der Waals surface area contributed by atoms with Gasteiger partial charge in [-0.05, 0) is 38.5 Å². The standard InChI is InChI=1S/C22H28N4O2S/c1-5-6-10-26-16(3)18(21(27)23-9-11-28-4)12-20(26)19-14-29-22(25-19)17-8-7-15(2)24-13-17/h7-8,12-14H,5-6,9-11H2,1-4H3,(H,23,27). The van der Waals surface area contributed by atoms with Crippen molar-refractivity contribution in [3.63, 3.8) is 0 Å². The maximum atomic E-state index is 12.7. The quantitative estimate of drug-likeness (QED) is 0.527. The molecule has 1 N–H and O–H groups in total. The Hall–Kier alpha value is -2.51. The minimum Gasteiger partial charge on any atom is -0.383 e. The van der Waals surface area contributed by atoms with Crippen molar-refractivity contribution in [3.8, 4) is 22.0 Å². The first-order valence-corrected chi connectivity index (χ1v) is 10.8. The highest BCUT2D eigenvalue weighted by Gasteiger charge is 2.20. The third-order valence-corrected chi connectivity index (χ3v) is 5.75. The summed E-state index contributed by atoms with van der Waals surface area (Å²) in [4.78, 5) is 21.9. The second-order valence-electron chi connectivity index (χ2n) is 7.01. The molecule has 0 radical (unpaired) electrons. The van der Waals surface area contributed by atoms with Gasteiger partial charge >= 0.3 is 0 Å². The fourth-order valence-corrected chi connectivity index (χ4v) is 3.98. The number of methoxy groups -OCH3 is 1. The summed E-state index contributed by atoms with van der Waals surface area (Å²) >= 11 is 1.59. The van der Waals surface area contributed by atoms with Crippen molar-refractivity contribution in [3.05, 3.63) is 46.7 Å². The van der Waals surface area contributed by atoms with Crippen molar-refractivity contribution in [1.82, 2.24) is 19.9 Å². The highest BCUT2D eigenvalue weighted by atomic mass is 32.1. The zero-order valence-corrected chi connectivity index (χ0v) is 18.3. The molecule has 29 heavy (non-hydrogen) atoms. The van der Waals surface area contributed by atoms with Crippen LogP contribution in [-0.2, 0) is 11.3 Å². The molecule has 0 aliphatic rings. The summed E-state index contributed by atoms with van der Waals surface area (Å²) in [6, 6.07) is 5.99. The molecule has 154 valence electrons. The van der Waals surface area contributed by atoms with Crippen LogP contribution in [0.3, 0.4) is 0 Å². The number of aryl methyl sites for hydroxylation is 1. The highest BCUT2D eigenvalue weighted by Crippen LogP contribution is 2.31. The molecule has 3 aromatic rings. The summed E-state index contributed by atoms with van der Waals surface area (Å²) in [7, 11) is 1.63. The van der Waals surface area contributed by atoms with E-state index in [4.69, 9.17) is 9.72 Å². The summed E-state index contributed by atoms with van der Waals surface area (Å²) in [5.74, 6) is -0.0748. The number of rotatable bonds is 9. The molecule has 0 saturated carbocycles. The zero-order valence-electron chi connectivity index (χ0n) is 17.5. The van der Waals surface area contributed by atoms with Crippen LogP contribution in [0.5, 0.6) is 0 Å². The Labute approximate surface area is 176 Å². The minimum absolute atomic E-state index is 0.0748. The van der Waals surface area contributed by atoms with Gasteiger partial charge in [0.1, 0.15) is 5.01 Å². The number of hydrogen-bond donors (Lipinski definition) is 1. The lowest BCUT2D eigenvalue weighted by atomic mass is 10.2. The van der Waals surface area contributed by atoms with Crippen molar-refractivity contribution in [2.45, 2.75) is 40.2 Å². The van der Waals surface area contributed by atoms with E-state index in [1.165, 1.54) is 0 Å². The van der Waals surface area contributed by atoms with E-state index in [0.717, 1.165) is 52.7 Å². The van der Waals surface area contributed by atoms with E-state index in [9.17, 15) is 4.79 Å². The van der Waals surface area contributed by atoms with E-state index in [1.807, 2.05) is 38.2 Å². The van der Waals surface area contributed by atoms with Gasteiger partial charge in [0.25, 0.3) is 5.91 Å². The molecule has 0 bridgehead atoms. The lowest BCUT2D eigenvalue weighted by molar-refractivity contribution is 0.0936. The molecule has 3 heterocycles. The summed E-state index contributed by atoms with van der Waals surface area (Å²) < 4.78 is 7.24. The molecular formula is C22H28N4O2S. The molecule has 0 atom stereocenters. The summed E-state index contributed by atoms with van der Waals surface area (Å²) in [6.45, 7) is 7.99. The Kier molecular flexibility index (Phi) is 7.17. The number of carbonyl (C=O) groups excluding carboxylic acids is 1. The number of hydrogen-bond acceptors (Lipinski definition) is 5. The number of unbranched alkanes of at least 4 members (excludes halogenated alkanes) is 1. The smallest absolute Gasteiger partial charge is 0.253 e. The largest absolute Gasteiger partial charge is 0.383 e. The van der Waals surface area contributed by atoms with Crippen LogP contribution in [0.15, 0.2) is 29.8 Å². The molecule has 6 nitrogen and oxygen atoms in total. The van der Waals surface area contributed by atoms with Crippen LogP contribution in [-0.4, -0.2) is 40.7 Å². The molecule has 3 aromatic heterocycles. The monoisotopic (exact) mass is 412 g/mol. The van der Waals surface area contributed by atoms with Crippen LogP contribution in [0.4, 0.5) is 0 Å². The maximum absolute atomic E-state index is 12.7. The second kappa shape index (κ2) is 9.80. The van der Waals surface area contributed by atoms with E-state index >= 15 is 0 Å². The Morgan fingerprint density at radius 2 is 2.14 bits per heavy atom. The average Bonchev–Trinajstić information content (AvgIpc) is 3.32. The van der Waals surface area contributed by atoms with Crippen LogP contribution in [0, 0.1) is 13.8 Å². The Morgan fingerprint density at radius 1 is 1.31 bits per heavy atom. The molecule has 3 rings (SSSR count). The molecule has 0 saturated heterocycles. The molecule has 0 aromatic carbocycles. The fourth-order valence-electron chi connectivity index (χ4n) is 3.17. The van der Waals surface area contributed by atoms with E-state index < -0.39 is 0 Å². The highest BCUT2D eigenvalue weighted by molar-refractivity contribution is 7.13. The first-order valence-electron chi connectivity index (χ1n) is 9.91. The van der Waals surface area contributed by atoms with Gasteiger partial charge in [0, 0.05) is 48.7 Å². The number of amides is 1. The molecule has 0 unspecified atom stereocenters. The van der Waals surface area contributed by atoms with Gasteiger partial charge in [0.05, 0.1) is 23.6 Å². The zero-order chi connectivity index (χ0) is 20.8. The van der Waals surface area contributed by atoms with Gasteiger partial charge in [-0.2, -0.15) is 0 Å². The molecule has 7 heteroatoms. The van der Waals surface area contributed by atoms with Crippen LogP contribution in [0.25, 0.3) is 22.0 Å². The van der Waals surface area contributed by atoms with Crippen LogP contribution >= 0.6 is 11.3 Å². The van der Waals surface area contributed by atoms with Gasteiger partial charge in [-0.15, -0.1) is 11.3 Å². The third-order valence-electron chi connectivity index (χ3n) is 4.86. The van der Waals surface area contributed by atoms with Crippen LogP contribution < -0.4 is 5.32 Å².